The van der Waals surface area contributed by atoms with Crippen molar-refractivity contribution in [2.75, 3.05) is 0 Å². The molecule has 2 amide bonds. The van der Waals surface area contributed by atoms with Crippen LogP contribution in [-0.2, 0) is 4.79 Å². The highest BCUT2D eigenvalue weighted by molar-refractivity contribution is 5.96. The van der Waals surface area contributed by atoms with Crippen molar-refractivity contribution in [3.8, 4) is 11.3 Å². The molecular weight excluding hydrogens is 354 g/mol. The summed E-state index contributed by atoms with van der Waals surface area (Å²) in [4.78, 5) is 28.2. The van der Waals surface area contributed by atoms with Gasteiger partial charge in [-0.05, 0) is 49.9 Å². The molecule has 144 valence electrons. The minimum atomic E-state index is -0.0657. The first-order chi connectivity index (χ1) is 13.6. The summed E-state index contributed by atoms with van der Waals surface area (Å²) >= 11 is 0. The lowest BCUT2D eigenvalue weighted by atomic mass is 9.91. The fraction of sp³-hybridized carbons (Fsp3) is 0.318. The zero-order valence-electron chi connectivity index (χ0n) is 15.8. The molecule has 2 aromatic heterocycles. The Morgan fingerprint density at radius 1 is 0.964 bits per heavy atom. The quantitative estimate of drug-likeness (QED) is 0.727. The molecule has 2 heterocycles. The van der Waals surface area contributed by atoms with Crippen LogP contribution < -0.4 is 10.6 Å². The third-order valence-corrected chi connectivity index (χ3v) is 5.27. The molecule has 0 unspecified atom stereocenters. The molecule has 2 N–H and O–H groups in total. The number of aromatic nitrogens is 1. The van der Waals surface area contributed by atoms with Crippen molar-refractivity contribution >= 4 is 22.8 Å². The van der Waals surface area contributed by atoms with Crippen LogP contribution in [-0.4, -0.2) is 28.9 Å². The monoisotopic (exact) mass is 377 g/mol. The minimum Gasteiger partial charge on any atom is -0.464 e. The Kier molecular flexibility index (Phi) is 5.10. The van der Waals surface area contributed by atoms with Gasteiger partial charge in [-0.3, -0.25) is 14.6 Å². The van der Waals surface area contributed by atoms with Gasteiger partial charge >= 0.3 is 0 Å². The van der Waals surface area contributed by atoms with Crippen molar-refractivity contribution in [1.82, 2.24) is 15.6 Å². The first kappa shape index (κ1) is 18.2. The van der Waals surface area contributed by atoms with Gasteiger partial charge in [0, 0.05) is 41.7 Å². The SMILES string of the molecule is CC(=O)NC1CCC(NC(=O)c2ccc(-c3nccc4occc34)cc2)CC1. The Morgan fingerprint density at radius 2 is 1.64 bits per heavy atom. The van der Waals surface area contributed by atoms with E-state index in [4.69, 9.17) is 4.42 Å². The van der Waals surface area contributed by atoms with Crippen molar-refractivity contribution in [3.05, 3.63) is 54.4 Å². The van der Waals surface area contributed by atoms with Gasteiger partial charge in [-0.15, -0.1) is 0 Å². The molecule has 0 radical (unpaired) electrons. The van der Waals surface area contributed by atoms with Crippen LogP contribution in [0, 0.1) is 0 Å². The summed E-state index contributed by atoms with van der Waals surface area (Å²) in [6.07, 6.45) is 6.91. The highest BCUT2D eigenvalue weighted by Gasteiger charge is 2.23. The van der Waals surface area contributed by atoms with Crippen LogP contribution in [0.3, 0.4) is 0 Å². The van der Waals surface area contributed by atoms with Crippen molar-refractivity contribution in [3.63, 3.8) is 0 Å². The van der Waals surface area contributed by atoms with Gasteiger partial charge in [0.1, 0.15) is 5.58 Å². The maximum atomic E-state index is 12.6. The molecule has 1 aromatic carbocycles. The van der Waals surface area contributed by atoms with Crippen LogP contribution in [0.5, 0.6) is 0 Å². The fourth-order valence-corrected chi connectivity index (χ4v) is 3.84. The van der Waals surface area contributed by atoms with Gasteiger partial charge in [0.2, 0.25) is 5.91 Å². The molecule has 0 aliphatic heterocycles. The Hall–Kier alpha value is -3.15. The van der Waals surface area contributed by atoms with E-state index >= 15 is 0 Å². The van der Waals surface area contributed by atoms with E-state index in [1.165, 1.54) is 0 Å². The van der Waals surface area contributed by atoms with E-state index in [0.29, 0.717) is 5.56 Å². The van der Waals surface area contributed by atoms with Crippen LogP contribution in [0.15, 0.2) is 53.3 Å². The second kappa shape index (κ2) is 7.84. The molecule has 0 saturated heterocycles. The Morgan fingerprint density at radius 3 is 2.32 bits per heavy atom. The number of nitrogens with one attached hydrogen (secondary N) is 2. The van der Waals surface area contributed by atoms with E-state index in [9.17, 15) is 9.59 Å². The summed E-state index contributed by atoms with van der Waals surface area (Å²) in [6, 6.07) is 11.6. The summed E-state index contributed by atoms with van der Waals surface area (Å²) in [5, 5.41) is 7.02. The lowest BCUT2D eigenvalue weighted by Crippen LogP contribution is -2.43. The second-order valence-corrected chi connectivity index (χ2v) is 7.29. The predicted molar refractivity (Wildman–Crippen MR) is 107 cm³/mol. The number of benzene rings is 1. The molecule has 1 aliphatic rings. The van der Waals surface area contributed by atoms with E-state index in [1.807, 2.05) is 36.4 Å². The lowest BCUT2D eigenvalue weighted by Gasteiger charge is -2.29. The largest absolute Gasteiger partial charge is 0.464 e. The summed E-state index contributed by atoms with van der Waals surface area (Å²) in [5.74, 6) is -0.0582. The predicted octanol–water partition coefficient (Wildman–Crippen LogP) is 3.67. The highest BCUT2D eigenvalue weighted by atomic mass is 16.3. The van der Waals surface area contributed by atoms with E-state index in [2.05, 4.69) is 15.6 Å². The number of fused-ring (bicyclic) bond motifs is 1. The number of pyridine rings is 1. The average molecular weight is 377 g/mol. The van der Waals surface area contributed by atoms with E-state index in [1.54, 1.807) is 19.4 Å². The minimum absolute atomic E-state index is 0.00757. The molecule has 6 nitrogen and oxygen atoms in total. The topological polar surface area (TPSA) is 84.2 Å². The van der Waals surface area contributed by atoms with Crippen LogP contribution in [0.2, 0.25) is 0 Å². The van der Waals surface area contributed by atoms with Gasteiger partial charge in [-0.25, -0.2) is 0 Å². The molecule has 1 saturated carbocycles. The van der Waals surface area contributed by atoms with Gasteiger partial charge in [0.25, 0.3) is 5.91 Å². The molecule has 0 atom stereocenters. The molecule has 0 spiro atoms. The van der Waals surface area contributed by atoms with Crippen LogP contribution in [0.4, 0.5) is 0 Å². The second-order valence-electron chi connectivity index (χ2n) is 7.29. The maximum absolute atomic E-state index is 12.6. The number of hydrogen-bond acceptors (Lipinski definition) is 4. The molecule has 1 aliphatic carbocycles. The zero-order valence-corrected chi connectivity index (χ0v) is 15.8. The van der Waals surface area contributed by atoms with E-state index in [-0.39, 0.29) is 23.9 Å². The van der Waals surface area contributed by atoms with Crippen LogP contribution in [0.1, 0.15) is 43.0 Å². The van der Waals surface area contributed by atoms with Crippen molar-refractivity contribution in [1.29, 1.82) is 0 Å². The highest BCUT2D eigenvalue weighted by Crippen LogP contribution is 2.27. The summed E-state index contributed by atoms with van der Waals surface area (Å²) in [6.45, 7) is 1.54. The molecular formula is C22H23N3O3. The summed E-state index contributed by atoms with van der Waals surface area (Å²) < 4.78 is 5.43. The van der Waals surface area contributed by atoms with E-state index in [0.717, 1.165) is 47.9 Å². The Bertz CT molecular complexity index is 986. The number of carbonyl (C=O) groups is 2. The fourth-order valence-electron chi connectivity index (χ4n) is 3.84. The number of hydrogen-bond donors (Lipinski definition) is 2. The van der Waals surface area contributed by atoms with Gasteiger partial charge in [-0.2, -0.15) is 0 Å². The van der Waals surface area contributed by atoms with Crippen molar-refractivity contribution in [2.45, 2.75) is 44.7 Å². The first-order valence-corrected chi connectivity index (χ1v) is 9.61. The van der Waals surface area contributed by atoms with Gasteiger partial charge < -0.3 is 15.1 Å². The van der Waals surface area contributed by atoms with E-state index < -0.39 is 0 Å². The summed E-state index contributed by atoms with van der Waals surface area (Å²) in [7, 11) is 0. The zero-order chi connectivity index (χ0) is 19.5. The maximum Gasteiger partial charge on any atom is 0.251 e. The Labute approximate surface area is 163 Å². The number of rotatable bonds is 4. The molecule has 1 fully saturated rings. The third kappa shape index (κ3) is 3.91. The number of nitrogens with zero attached hydrogens (tertiary/aromatic N) is 1. The third-order valence-electron chi connectivity index (χ3n) is 5.27. The lowest BCUT2D eigenvalue weighted by molar-refractivity contribution is -0.119. The standard InChI is InChI=1S/C22H23N3O3/c1-14(26)24-17-6-8-18(9-7-17)25-22(27)16-4-2-15(3-5-16)21-19-11-13-28-20(19)10-12-23-21/h2-5,10-13,17-18H,6-9H2,1H3,(H,24,26)(H,25,27). The van der Waals surface area contributed by atoms with Gasteiger partial charge in [0.15, 0.2) is 0 Å². The van der Waals surface area contributed by atoms with Gasteiger partial charge in [-0.1, -0.05) is 12.1 Å². The van der Waals surface area contributed by atoms with Crippen molar-refractivity contribution < 1.29 is 14.0 Å². The normalized spacial score (nSPS) is 19.3. The Balaban J connectivity index is 1.40. The van der Waals surface area contributed by atoms with Crippen LogP contribution >= 0.6 is 0 Å². The smallest absolute Gasteiger partial charge is 0.251 e. The average Bonchev–Trinajstić information content (AvgIpc) is 3.18. The molecule has 6 heteroatoms. The molecule has 3 aromatic rings. The molecule has 4 rings (SSSR count). The number of furan rings is 1. The van der Waals surface area contributed by atoms with Crippen molar-refractivity contribution in [2.24, 2.45) is 0 Å². The molecule has 0 bridgehead atoms. The summed E-state index contributed by atoms with van der Waals surface area (Å²) in [5.41, 5.74) is 3.21. The number of amides is 2. The number of carbonyl (C=O) groups excluding carboxylic acids is 2. The van der Waals surface area contributed by atoms with Crippen LogP contribution in [0.25, 0.3) is 22.2 Å². The first-order valence-electron chi connectivity index (χ1n) is 9.61. The molecule has 28 heavy (non-hydrogen) atoms. The van der Waals surface area contributed by atoms with Gasteiger partial charge in [0.05, 0.1) is 12.0 Å².